The Bertz CT molecular complexity index is 83.7. The summed E-state index contributed by atoms with van der Waals surface area (Å²) >= 11 is 1.98. The highest BCUT2D eigenvalue weighted by atomic mass is 127. The third kappa shape index (κ3) is 5.38. The smallest absolute Gasteiger partial charge is 0.207 e. The molecular formula is C7H13F2I. The Morgan fingerprint density at radius 1 is 1.30 bits per heavy atom. The van der Waals surface area contributed by atoms with Gasteiger partial charge in [-0.25, -0.2) is 8.78 Å². The highest BCUT2D eigenvalue weighted by Crippen LogP contribution is 2.25. The summed E-state index contributed by atoms with van der Waals surface area (Å²) in [6, 6.07) is 0. The van der Waals surface area contributed by atoms with Gasteiger partial charge in [0, 0.05) is 17.3 Å². The van der Waals surface area contributed by atoms with Gasteiger partial charge in [0.15, 0.2) is 0 Å². The Hall–Kier alpha value is 0.590. The van der Waals surface area contributed by atoms with Gasteiger partial charge in [-0.1, -0.05) is 35.9 Å². The molecule has 0 aliphatic rings. The lowest BCUT2D eigenvalue weighted by atomic mass is 10.1. The van der Waals surface area contributed by atoms with Crippen molar-refractivity contribution in [2.75, 3.05) is 4.43 Å². The van der Waals surface area contributed by atoms with Crippen LogP contribution >= 0.6 is 22.6 Å². The number of alkyl halides is 3. The van der Waals surface area contributed by atoms with Crippen molar-refractivity contribution in [3.63, 3.8) is 0 Å². The van der Waals surface area contributed by atoms with E-state index in [9.17, 15) is 8.78 Å². The van der Waals surface area contributed by atoms with Crippen LogP contribution in [0.5, 0.6) is 0 Å². The van der Waals surface area contributed by atoms with Gasteiger partial charge in [-0.05, 0) is 6.42 Å². The van der Waals surface area contributed by atoms with Crippen LogP contribution in [0.4, 0.5) is 8.78 Å². The Balaban J connectivity index is 3.42. The van der Waals surface area contributed by atoms with Crippen molar-refractivity contribution in [3.8, 4) is 0 Å². The molecule has 0 bridgehead atoms. The van der Waals surface area contributed by atoms with Gasteiger partial charge in [-0.3, -0.25) is 0 Å². The maximum atomic E-state index is 12.6. The standard InChI is InChI=1S/C7H13F2I/c1-2-3-4-7(8,9)5-6-10/h2-6H2,1H3. The van der Waals surface area contributed by atoms with Crippen LogP contribution in [0.15, 0.2) is 0 Å². The van der Waals surface area contributed by atoms with E-state index in [1.165, 1.54) is 0 Å². The third-order valence-electron chi connectivity index (χ3n) is 1.36. The molecule has 0 aliphatic carbocycles. The Morgan fingerprint density at radius 3 is 2.30 bits per heavy atom. The highest BCUT2D eigenvalue weighted by Gasteiger charge is 2.26. The minimum atomic E-state index is -2.41. The minimum Gasteiger partial charge on any atom is -0.207 e. The van der Waals surface area contributed by atoms with Crippen molar-refractivity contribution in [2.45, 2.75) is 38.5 Å². The number of rotatable bonds is 5. The van der Waals surface area contributed by atoms with Crippen LogP contribution in [-0.2, 0) is 0 Å². The molecule has 10 heavy (non-hydrogen) atoms. The normalized spacial score (nSPS) is 12.0. The predicted octanol–water partition coefficient (Wildman–Crippen LogP) is 3.64. The van der Waals surface area contributed by atoms with E-state index in [0.29, 0.717) is 10.8 Å². The van der Waals surface area contributed by atoms with E-state index in [1.54, 1.807) is 0 Å². The third-order valence-corrected chi connectivity index (χ3v) is 1.90. The molecule has 0 aromatic carbocycles. The quantitative estimate of drug-likeness (QED) is 0.524. The lowest BCUT2D eigenvalue weighted by Crippen LogP contribution is -2.15. The largest absolute Gasteiger partial charge is 0.248 e. The molecule has 3 heteroatoms. The molecule has 0 saturated carbocycles. The molecule has 0 fully saturated rings. The monoisotopic (exact) mass is 262 g/mol. The van der Waals surface area contributed by atoms with Crippen molar-refractivity contribution in [2.24, 2.45) is 0 Å². The van der Waals surface area contributed by atoms with E-state index in [1.807, 2.05) is 29.5 Å². The summed E-state index contributed by atoms with van der Waals surface area (Å²) in [7, 11) is 0. The first-order valence-corrected chi connectivity index (χ1v) is 5.09. The van der Waals surface area contributed by atoms with Crippen LogP contribution in [0.1, 0.15) is 32.6 Å². The molecule has 0 amide bonds. The average molecular weight is 262 g/mol. The molecule has 0 nitrogen and oxygen atoms in total. The molecule has 0 unspecified atom stereocenters. The first-order chi connectivity index (χ1) is 4.62. The molecule has 0 heterocycles. The molecule has 0 aliphatic heterocycles. The van der Waals surface area contributed by atoms with Crippen molar-refractivity contribution >= 4 is 22.6 Å². The summed E-state index contributed by atoms with van der Waals surface area (Å²) in [5, 5.41) is 0. The van der Waals surface area contributed by atoms with E-state index in [4.69, 9.17) is 0 Å². The minimum absolute atomic E-state index is 0.0353. The maximum Gasteiger partial charge on any atom is 0.248 e. The second-order valence-electron chi connectivity index (χ2n) is 2.40. The molecule has 0 atom stereocenters. The summed E-state index contributed by atoms with van der Waals surface area (Å²) in [4.78, 5) is 0. The Morgan fingerprint density at radius 2 is 1.90 bits per heavy atom. The first kappa shape index (κ1) is 10.6. The lowest BCUT2D eigenvalue weighted by molar-refractivity contribution is -0.0114. The fourth-order valence-corrected chi connectivity index (χ4v) is 1.49. The fourth-order valence-electron chi connectivity index (χ4n) is 0.699. The van der Waals surface area contributed by atoms with Gasteiger partial charge in [-0.2, -0.15) is 0 Å². The van der Waals surface area contributed by atoms with E-state index < -0.39 is 5.92 Å². The fraction of sp³-hybridized carbons (Fsp3) is 1.00. The van der Waals surface area contributed by atoms with Crippen LogP contribution < -0.4 is 0 Å². The molecule has 0 N–H and O–H groups in total. The zero-order valence-electron chi connectivity index (χ0n) is 6.17. The van der Waals surface area contributed by atoms with Crippen LogP contribution in [0.2, 0.25) is 0 Å². The van der Waals surface area contributed by atoms with E-state index in [-0.39, 0.29) is 12.8 Å². The summed E-state index contributed by atoms with van der Waals surface area (Å²) < 4.78 is 25.8. The summed E-state index contributed by atoms with van der Waals surface area (Å²) in [5.41, 5.74) is 0. The number of hydrogen-bond donors (Lipinski definition) is 0. The van der Waals surface area contributed by atoms with E-state index >= 15 is 0 Å². The molecule has 0 aromatic heterocycles. The van der Waals surface area contributed by atoms with E-state index in [2.05, 4.69) is 0 Å². The van der Waals surface area contributed by atoms with Gasteiger partial charge in [0.05, 0.1) is 0 Å². The molecule has 0 saturated heterocycles. The number of hydrogen-bond acceptors (Lipinski definition) is 0. The lowest BCUT2D eigenvalue weighted by Gasteiger charge is -2.13. The van der Waals surface area contributed by atoms with Gasteiger partial charge >= 0.3 is 0 Å². The molecule has 0 aromatic rings. The van der Waals surface area contributed by atoms with Crippen molar-refractivity contribution < 1.29 is 8.78 Å². The predicted molar refractivity (Wildman–Crippen MR) is 48.0 cm³/mol. The van der Waals surface area contributed by atoms with Crippen LogP contribution in [-0.4, -0.2) is 10.4 Å². The zero-order chi connectivity index (χ0) is 8.04. The van der Waals surface area contributed by atoms with Gasteiger partial charge in [0.2, 0.25) is 5.92 Å². The van der Waals surface area contributed by atoms with Crippen molar-refractivity contribution in [1.82, 2.24) is 0 Å². The summed E-state index contributed by atoms with van der Waals surface area (Å²) in [5.74, 6) is -2.41. The topological polar surface area (TPSA) is 0 Å². The highest BCUT2D eigenvalue weighted by molar-refractivity contribution is 14.1. The van der Waals surface area contributed by atoms with Crippen molar-refractivity contribution in [3.05, 3.63) is 0 Å². The second-order valence-corrected chi connectivity index (χ2v) is 3.48. The SMILES string of the molecule is CCCCC(F)(F)CCI. The van der Waals surface area contributed by atoms with Gasteiger partial charge in [0.1, 0.15) is 0 Å². The Kier molecular flexibility index (Phi) is 5.58. The molecule has 0 radical (unpaired) electrons. The van der Waals surface area contributed by atoms with Crippen LogP contribution in [0, 0.1) is 0 Å². The molecule has 62 valence electrons. The molecule has 0 spiro atoms. The summed E-state index contributed by atoms with van der Waals surface area (Å²) in [6.07, 6.45) is 1.60. The van der Waals surface area contributed by atoms with Gasteiger partial charge in [-0.15, -0.1) is 0 Å². The van der Waals surface area contributed by atoms with Crippen LogP contribution in [0.25, 0.3) is 0 Å². The van der Waals surface area contributed by atoms with Gasteiger partial charge in [0.25, 0.3) is 0 Å². The first-order valence-electron chi connectivity index (χ1n) is 3.56. The second kappa shape index (κ2) is 5.27. The maximum absolute atomic E-state index is 12.6. The Labute approximate surface area is 74.5 Å². The summed E-state index contributed by atoms with van der Waals surface area (Å²) in [6.45, 7) is 1.93. The average Bonchev–Trinajstić information content (AvgIpc) is 1.84. The molecular weight excluding hydrogens is 249 g/mol. The number of unbranched alkanes of at least 4 members (excludes halogenated alkanes) is 1. The van der Waals surface area contributed by atoms with Crippen molar-refractivity contribution in [1.29, 1.82) is 0 Å². The van der Waals surface area contributed by atoms with Crippen LogP contribution in [0.3, 0.4) is 0 Å². The molecule has 0 rings (SSSR count). The van der Waals surface area contributed by atoms with Gasteiger partial charge < -0.3 is 0 Å². The zero-order valence-corrected chi connectivity index (χ0v) is 8.33. The van der Waals surface area contributed by atoms with E-state index in [0.717, 1.165) is 6.42 Å². The number of halogens is 3.